The number of hydrogen-bond donors (Lipinski definition) is 2. The lowest BCUT2D eigenvalue weighted by molar-refractivity contribution is 0.0733. The number of likely N-dealkylation sites (tertiary alicyclic amines) is 1. The van der Waals surface area contributed by atoms with E-state index >= 15 is 0 Å². The summed E-state index contributed by atoms with van der Waals surface area (Å²) < 4.78 is 0. The van der Waals surface area contributed by atoms with Crippen LogP contribution in [0.2, 0.25) is 0 Å². The van der Waals surface area contributed by atoms with E-state index in [-0.39, 0.29) is 12.5 Å². The molecule has 1 atom stereocenters. The Bertz CT molecular complexity index is 578. The van der Waals surface area contributed by atoms with Crippen LogP contribution in [0.25, 0.3) is 0 Å². The van der Waals surface area contributed by atoms with E-state index in [1.807, 2.05) is 24.1 Å². The Morgan fingerprint density at radius 3 is 2.81 bits per heavy atom. The highest BCUT2D eigenvalue weighted by atomic mass is 16.3. The number of nitrogens with one attached hydrogen (secondary N) is 1. The Kier molecular flexibility index (Phi) is 7.06. The fourth-order valence-corrected chi connectivity index (χ4v) is 4.29. The lowest BCUT2D eigenvalue weighted by Crippen LogP contribution is -2.40. The van der Waals surface area contributed by atoms with Crippen molar-refractivity contribution in [2.24, 2.45) is 5.92 Å². The van der Waals surface area contributed by atoms with Crippen LogP contribution in [-0.2, 0) is 0 Å². The fraction of sp³-hybridized carbons (Fsp3) is 0.667. The van der Waals surface area contributed by atoms with Crippen LogP contribution in [0.4, 0.5) is 0 Å². The Labute approximate surface area is 157 Å². The first-order valence-electron chi connectivity index (χ1n) is 10.1. The second-order valence-electron chi connectivity index (χ2n) is 7.86. The molecule has 0 bridgehead atoms. The zero-order chi connectivity index (χ0) is 18.4. The number of aliphatic hydroxyl groups excluding tert-OH is 1. The van der Waals surface area contributed by atoms with Gasteiger partial charge in [-0.3, -0.25) is 4.79 Å². The first-order valence-corrected chi connectivity index (χ1v) is 10.1. The van der Waals surface area contributed by atoms with E-state index in [0.29, 0.717) is 11.8 Å². The van der Waals surface area contributed by atoms with Crippen LogP contribution >= 0.6 is 0 Å². The largest absolute Gasteiger partial charge is 0.395 e. The average Bonchev–Trinajstić information content (AvgIpc) is 2.70. The van der Waals surface area contributed by atoms with E-state index in [2.05, 4.69) is 22.3 Å². The Morgan fingerprint density at radius 1 is 1.31 bits per heavy atom. The summed E-state index contributed by atoms with van der Waals surface area (Å²) in [6.45, 7) is 5.99. The second-order valence-corrected chi connectivity index (χ2v) is 7.86. The van der Waals surface area contributed by atoms with Gasteiger partial charge in [0.15, 0.2) is 0 Å². The van der Waals surface area contributed by atoms with Crippen molar-refractivity contribution in [2.75, 3.05) is 52.9 Å². The summed E-state index contributed by atoms with van der Waals surface area (Å²) in [7, 11) is 1.93. The summed E-state index contributed by atoms with van der Waals surface area (Å²) in [6, 6.07) is 8.23. The first-order chi connectivity index (χ1) is 12.7. The summed E-state index contributed by atoms with van der Waals surface area (Å²) in [5, 5.41) is 12.5. The van der Waals surface area contributed by atoms with Gasteiger partial charge in [-0.15, -0.1) is 0 Å². The SMILES string of the molecule is CN(CC1CCN(CCO)CC1)C(=O)c1cccc([C@H]2CCCNC2)c1. The summed E-state index contributed by atoms with van der Waals surface area (Å²) >= 11 is 0. The first kappa shape index (κ1) is 19.3. The van der Waals surface area contributed by atoms with E-state index in [9.17, 15) is 4.79 Å². The molecule has 0 spiro atoms. The van der Waals surface area contributed by atoms with Crippen LogP contribution in [0, 0.1) is 5.92 Å². The number of aliphatic hydroxyl groups is 1. The molecule has 3 rings (SSSR count). The minimum atomic E-state index is 0.133. The van der Waals surface area contributed by atoms with E-state index in [4.69, 9.17) is 5.11 Å². The van der Waals surface area contributed by atoms with Crippen molar-refractivity contribution in [3.8, 4) is 0 Å². The van der Waals surface area contributed by atoms with Crippen LogP contribution in [0.5, 0.6) is 0 Å². The molecular weight excluding hydrogens is 326 g/mol. The number of hydrogen-bond acceptors (Lipinski definition) is 4. The molecule has 5 nitrogen and oxygen atoms in total. The minimum absolute atomic E-state index is 0.133. The third kappa shape index (κ3) is 5.06. The molecule has 2 saturated heterocycles. The molecule has 0 radical (unpaired) electrons. The maximum atomic E-state index is 12.9. The van der Waals surface area contributed by atoms with Gasteiger partial charge < -0.3 is 20.2 Å². The molecule has 0 saturated carbocycles. The molecule has 1 aromatic rings. The van der Waals surface area contributed by atoms with Crippen molar-refractivity contribution in [3.63, 3.8) is 0 Å². The van der Waals surface area contributed by atoms with Crippen LogP contribution < -0.4 is 5.32 Å². The second kappa shape index (κ2) is 9.49. The standard InChI is InChI=1S/C21H33N3O2/c1-23(16-17-7-10-24(11-8-17)12-13-25)21(26)19-5-2-4-18(14-19)20-6-3-9-22-15-20/h2,4-5,14,17,20,22,25H,3,6-13,15-16H2,1H3/t20-/m0/s1. The number of benzene rings is 1. The van der Waals surface area contributed by atoms with Gasteiger partial charge in [0.25, 0.3) is 5.91 Å². The van der Waals surface area contributed by atoms with E-state index in [0.717, 1.165) is 57.7 Å². The molecule has 1 amide bonds. The van der Waals surface area contributed by atoms with Crippen LogP contribution in [0.1, 0.15) is 47.5 Å². The van der Waals surface area contributed by atoms with Gasteiger partial charge >= 0.3 is 0 Å². The molecular formula is C21H33N3O2. The molecule has 2 aliphatic rings. The summed E-state index contributed by atoms with van der Waals surface area (Å²) in [4.78, 5) is 17.1. The van der Waals surface area contributed by atoms with E-state index in [1.165, 1.54) is 18.4 Å². The number of nitrogens with zero attached hydrogens (tertiary/aromatic N) is 2. The highest BCUT2D eigenvalue weighted by molar-refractivity contribution is 5.94. The highest BCUT2D eigenvalue weighted by Gasteiger charge is 2.23. The molecule has 144 valence electrons. The van der Waals surface area contributed by atoms with Crippen molar-refractivity contribution in [2.45, 2.75) is 31.6 Å². The lowest BCUT2D eigenvalue weighted by atomic mass is 9.90. The highest BCUT2D eigenvalue weighted by Crippen LogP contribution is 2.24. The third-order valence-corrected chi connectivity index (χ3v) is 5.90. The molecule has 2 N–H and O–H groups in total. The van der Waals surface area contributed by atoms with Crippen molar-refractivity contribution < 1.29 is 9.90 Å². The fourth-order valence-electron chi connectivity index (χ4n) is 4.29. The molecule has 26 heavy (non-hydrogen) atoms. The number of carbonyl (C=O) groups is 1. The number of carbonyl (C=O) groups excluding carboxylic acids is 1. The van der Waals surface area contributed by atoms with Gasteiger partial charge in [0, 0.05) is 32.2 Å². The predicted octanol–water partition coefficient (Wildman–Crippen LogP) is 1.93. The molecule has 0 aliphatic carbocycles. The zero-order valence-corrected chi connectivity index (χ0v) is 16.0. The van der Waals surface area contributed by atoms with Crippen LogP contribution in [0.15, 0.2) is 24.3 Å². The number of rotatable bonds is 6. The lowest BCUT2D eigenvalue weighted by Gasteiger charge is -2.33. The van der Waals surface area contributed by atoms with Gasteiger partial charge in [0.2, 0.25) is 0 Å². The van der Waals surface area contributed by atoms with Gasteiger partial charge in [-0.2, -0.15) is 0 Å². The van der Waals surface area contributed by atoms with Gasteiger partial charge in [-0.1, -0.05) is 12.1 Å². The normalized spacial score (nSPS) is 22.3. The zero-order valence-electron chi connectivity index (χ0n) is 16.0. The predicted molar refractivity (Wildman–Crippen MR) is 104 cm³/mol. The Balaban J connectivity index is 1.55. The molecule has 1 aromatic carbocycles. The molecule has 5 heteroatoms. The van der Waals surface area contributed by atoms with E-state index in [1.54, 1.807) is 0 Å². The van der Waals surface area contributed by atoms with Gasteiger partial charge in [0.05, 0.1) is 6.61 Å². The quantitative estimate of drug-likeness (QED) is 0.815. The number of amides is 1. The third-order valence-electron chi connectivity index (χ3n) is 5.90. The van der Waals surface area contributed by atoms with Crippen molar-refractivity contribution in [1.29, 1.82) is 0 Å². The van der Waals surface area contributed by atoms with Crippen molar-refractivity contribution in [1.82, 2.24) is 15.1 Å². The number of β-amino-alcohol motifs (C(OH)–C–C–N with tert-alkyl or cyclic N) is 1. The molecule has 0 aromatic heterocycles. The topological polar surface area (TPSA) is 55.8 Å². The summed E-state index contributed by atoms with van der Waals surface area (Å²) in [5.41, 5.74) is 2.10. The van der Waals surface area contributed by atoms with Crippen LogP contribution in [-0.4, -0.2) is 73.7 Å². The maximum Gasteiger partial charge on any atom is 0.253 e. The molecule has 2 fully saturated rings. The van der Waals surface area contributed by atoms with E-state index < -0.39 is 0 Å². The van der Waals surface area contributed by atoms with Gasteiger partial charge in [-0.05, 0) is 74.8 Å². The Morgan fingerprint density at radius 2 is 2.12 bits per heavy atom. The monoisotopic (exact) mass is 359 g/mol. The van der Waals surface area contributed by atoms with Crippen LogP contribution in [0.3, 0.4) is 0 Å². The molecule has 2 aliphatic heterocycles. The minimum Gasteiger partial charge on any atom is -0.395 e. The van der Waals surface area contributed by atoms with Gasteiger partial charge in [0.1, 0.15) is 0 Å². The average molecular weight is 360 g/mol. The van der Waals surface area contributed by atoms with Crippen molar-refractivity contribution in [3.05, 3.63) is 35.4 Å². The number of piperidine rings is 2. The molecule has 0 unspecified atom stereocenters. The summed E-state index contributed by atoms with van der Waals surface area (Å²) in [6.07, 6.45) is 4.61. The smallest absolute Gasteiger partial charge is 0.253 e. The molecule has 2 heterocycles. The summed E-state index contributed by atoms with van der Waals surface area (Å²) in [5.74, 6) is 1.22. The van der Waals surface area contributed by atoms with Gasteiger partial charge in [-0.25, -0.2) is 0 Å². The maximum absolute atomic E-state index is 12.9. The Hall–Kier alpha value is -1.43. The van der Waals surface area contributed by atoms with Crippen molar-refractivity contribution >= 4 is 5.91 Å².